The van der Waals surface area contributed by atoms with E-state index in [1.165, 1.54) is 28.5 Å². The highest BCUT2D eigenvalue weighted by molar-refractivity contribution is 7.11. The van der Waals surface area contributed by atoms with Crippen molar-refractivity contribution in [1.29, 1.82) is 0 Å². The first-order chi connectivity index (χ1) is 14.7. The number of hydrogen-bond donors (Lipinski definition) is 3. The maximum Gasteiger partial charge on any atom is 0.335 e. The second kappa shape index (κ2) is 8.23. The third-order valence-corrected chi connectivity index (χ3v) is 6.09. The van der Waals surface area contributed by atoms with Gasteiger partial charge in [0, 0.05) is 40.9 Å². The maximum absolute atomic E-state index is 13.8. The number of carboxylic acids is 1. The van der Waals surface area contributed by atoms with Crippen LogP contribution in [0, 0.1) is 5.82 Å². The fraction of sp³-hybridized carbons (Fsp3) is 0.316. The largest absolute Gasteiger partial charge is 0.478 e. The Balaban J connectivity index is 1.78. The van der Waals surface area contributed by atoms with Gasteiger partial charge in [0.05, 0.1) is 12.1 Å². The molecule has 0 bridgehead atoms. The number of carboxylic acid groups (broad SMARTS) is 1. The van der Waals surface area contributed by atoms with E-state index < -0.39 is 36.4 Å². The number of amidine groups is 1. The number of nitrogens with one attached hydrogen (secondary N) is 1. The van der Waals surface area contributed by atoms with Crippen LogP contribution >= 0.6 is 22.9 Å². The van der Waals surface area contributed by atoms with Crippen molar-refractivity contribution in [2.75, 3.05) is 19.6 Å². The van der Waals surface area contributed by atoms with Gasteiger partial charge in [-0.3, -0.25) is 9.89 Å². The third kappa shape index (κ3) is 4.31. The van der Waals surface area contributed by atoms with Crippen molar-refractivity contribution in [1.82, 2.24) is 15.2 Å². The number of β-amino-alcohol motifs (C(OH)–C–C–N with tert-alkyl or cyclic N) is 1. The number of thiazole rings is 1. The van der Waals surface area contributed by atoms with Crippen LogP contribution in [0.3, 0.4) is 0 Å². The van der Waals surface area contributed by atoms with Crippen LogP contribution in [0.5, 0.6) is 0 Å². The van der Waals surface area contributed by atoms with Gasteiger partial charge in [-0.2, -0.15) is 0 Å². The first-order valence-corrected chi connectivity index (χ1v) is 10.4. The second-order valence-electron chi connectivity index (χ2n) is 7.15. The monoisotopic (exact) mass is 472 g/mol. The Bertz CT molecular complexity index is 1080. The maximum atomic E-state index is 13.8. The Hall–Kier alpha value is -2.47. The number of alkyl halides is 2. The van der Waals surface area contributed by atoms with Gasteiger partial charge < -0.3 is 15.5 Å². The lowest BCUT2D eigenvalue weighted by molar-refractivity contribution is -0.133. The highest BCUT2D eigenvalue weighted by Gasteiger charge is 2.47. The van der Waals surface area contributed by atoms with Crippen LogP contribution in [0.25, 0.3) is 0 Å². The smallest absolute Gasteiger partial charge is 0.335 e. The van der Waals surface area contributed by atoms with Crippen molar-refractivity contribution in [3.8, 4) is 0 Å². The molecule has 2 atom stereocenters. The highest BCUT2D eigenvalue weighted by Crippen LogP contribution is 2.37. The Morgan fingerprint density at radius 1 is 1.42 bits per heavy atom. The molecule has 1 fully saturated rings. The minimum atomic E-state index is -3.30. The summed E-state index contributed by atoms with van der Waals surface area (Å²) < 4.78 is 41.2. The number of hydrogen-bond acceptors (Lipinski definition) is 7. The average Bonchev–Trinajstić information content (AvgIpc) is 3.29. The minimum absolute atomic E-state index is 0.0182. The van der Waals surface area contributed by atoms with Crippen molar-refractivity contribution in [2.24, 2.45) is 4.99 Å². The molecule has 1 unspecified atom stereocenters. The third-order valence-electron chi connectivity index (χ3n) is 4.98. The topological polar surface area (TPSA) is 98.0 Å². The van der Waals surface area contributed by atoms with Crippen LogP contribution in [-0.4, -0.2) is 63.6 Å². The number of carbonyl (C=O) groups is 1. The zero-order valence-electron chi connectivity index (χ0n) is 15.7. The number of aliphatic hydroxyl groups is 1. The molecule has 0 aliphatic carbocycles. The molecule has 2 aliphatic rings. The predicted octanol–water partition coefficient (Wildman–Crippen LogP) is 2.68. The van der Waals surface area contributed by atoms with Crippen molar-refractivity contribution in [2.45, 2.75) is 18.1 Å². The predicted molar refractivity (Wildman–Crippen MR) is 108 cm³/mol. The lowest BCUT2D eigenvalue weighted by atomic mass is 9.95. The summed E-state index contributed by atoms with van der Waals surface area (Å²) in [5.41, 5.74) is 0.154. The Morgan fingerprint density at radius 3 is 2.77 bits per heavy atom. The number of aromatic nitrogens is 1. The van der Waals surface area contributed by atoms with E-state index in [1.54, 1.807) is 5.38 Å². The number of benzene rings is 1. The molecule has 1 aromatic carbocycles. The molecule has 4 rings (SSSR count). The number of aliphatic imine (C=N–C) groups is 1. The van der Waals surface area contributed by atoms with Crippen molar-refractivity contribution < 1.29 is 28.2 Å². The van der Waals surface area contributed by atoms with E-state index >= 15 is 0 Å². The lowest BCUT2D eigenvalue weighted by Gasteiger charge is -2.28. The van der Waals surface area contributed by atoms with Gasteiger partial charge in [-0.25, -0.2) is 22.9 Å². The Kier molecular flexibility index (Phi) is 5.77. The second-order valence-corrected chi connectivity index (χ2v) is 8.45. The molecule has 0 spiro atoms. The number of likely N-dealkylation sites (tertiary alicyclic amines) is 1. The lowest BCUT2D eigenvalue weighted by Crippen LogP contribution is -2.39. The van der Waals surface area contributed by atoms with Gasteiger partial charge in [0.2, 0.25) is 0 Å². The molecule has 7 nitrogen and oxygen atoms in total. The molecule has 1 saturated heterocycles. The van der Waals surface area contributed by atoms with E-state index in [9.17, 15) is 28.2 Å². The summed E-state index contributed by atoms with van der Waals surface area (Å²) in [4.78, 5) is 22.0. The van der Waals surface area contributed by atoms with E-state index in [-0.39, 0.29) is 40.8 Å². The van der Waals surface area contributed by atoms with E-state index in [1.807, 2.05) is 0 Å². The molecule has 2 aromatic rings. The summed E-state index contributed by atoms with van der Waals surface area (Å²) in [6.07, 6.45) is -0.309. The van der Waals surface area contributed by atoms with E-state index in [2.05, 4.69) is 15.3 Å². The molecule has 1 aromatic heterocycles. The molecule has 2 aliphatic heterocycles. The molecular formula is C19H16ClF3N4O3S. The van der Waals surface area contributed by atoms with Crippen LogP contribution in [0.2, 0.25) is 5.02 Å². The molecule has 0 radical (unpaired) electrons. The summed E-state index contributed by atoms with van der Waals surface area (Å²) in [6, 6.07) is 2.41. The van der Waals surface area contributed by atoms with E-state index in [0.717, 1.165) is 12.1 Å². The number of aliphatic hydroxyl groups excluding tert-OH is 1. The fourth-order valence-corrected chi connectivity index (χ4v) is 4.42. The Morgan fingerprint density at radius 2 is 2.19 bits per heavy atom. The molecule has 0 saturated carbocycles. The molecule has 12 heteroatoms. The summed E-state index contributed by atoms with van der Waals surface area (Å²) in [5, 5.41) is 24.6. The van der Waals surface area contributed by atoms with Gasteiger partial charge in [0.25, 0.3) is 5.92 Å². The van der Waals surface area contributed by atoms with Crippen LogP contribution in [0.1, 0.15) is 16.6 Å². The highest BCUT2D eigenvalue weighted by atomic mass is 35.5. The molecule has 0 amide bonds. The summed E-state index contributed by atoms with van der Waals surface area (Å²) in [5.74, 6) is -4.99. The zero-order chi connectivity index (χ0) is 22.3. The van der Waals surface area contributed by atoms with Gasteiger partial charge in [0.1, 0.15) is 18.0 Å². The number of halogens is 4. The standard InChI is InChI=1S/C19H16ClF3N4O3S/c20-11-5-9(21)1-2-10(11)15-14(18(29)30)12(6-27-7-13(28)19(22,23)8-27)25-16(26-15)17-24-3-4-31-17/h1-5,13,15,28H,6-8H2,(H,25,26)(H,29,30)/t13?,15-/m0/s1. The normalized spacial score (nSPS) is 23.6. The SMILES string of the molecule is O=C(O)C1=C(CN2CC(O)C(F)(F)C2)NC(c2nccs2)=N[C@H]1c1ccc(F)cc1Cl. The molecule has 31 heavy (non-hydrogen) atoms. The zero-order valence-corrected chi connectivity index (χ0v) is 17.3. The van der Waals surface area contributed by atoms with Gasteiger partial charge in [-0.15, -0.1) is 11.3 Å². The van der Waals surface area contributed by atoms with Crippen LogP contribution < -0.4 is 5.32 Å². The first kappa shape index (κ1) is 21.8. The van der Waals surface area contributed by atoms with Gasteiger partial charge in [-0.05, 0) is 12.1 Å². The number of aliphatic carboxylic acids is 1. The summed E-state index contributed by atoms with van der Waals surface area (Å²) >= 11 is 7.43. The van der Waals surface area contributed by atoms with Crippen molar-refractivity contribution in [3.05, 3.63) is 62.5 Å². The fourth-order valence-electron chi connectivity index (χ4n) is 3.56. The van der Waals surface area contributed by atoms with Crippen molar-refractivity contribution >= 4 is 34.7 Å². The average molecular weight is 473 g/mol. The van der Waals surface area contributed by atoms with E-state index in [4.69, 9.17) is 11.6 Å². The number of nitrogens with zero attached hydrogens (tertiary/aromatic N) is 3. The molecular weight excluding hydrogens is 457 g/mol. The minimum Gasteiger partial charge on any atom is -0.478 e. The van der Waals surface area contributed by atoms with Crippen LogP contribution in [0.4, 0.5) is 13.2 Å². The molecule has 164 valence electrons. The van der Waals surface area contributed by atoms with Crippen LogP contribution in [-0.2, 0) is 4.79 Å². The van der Waals surface area contributed by atoms with Gasteiger partial charge in [-0.1, -0.05) is 17.7 Å². The molecule has 3 heterocycles. The first-order valence-electron chi connectivity index (χ1n) is 9.10. The van der Waals surface area contributed by atoms with E-state index in [0.29, 0.717) is 5.01 Å². The van der Waals surface area contributed by atoms with Crippen molar-refractivity contribution in [3.63, 3.8) is 0 Å². The quantitative estimate of drug-likeness (QED) is 0.619. The summed E-state index contributed by atoms with van der Waals surface area (Å²) in [7, 11) is 0. The van der Waals surface area contributed by atoms with Gasteiger partial charge in [0.15, 0.2) is 10.8 Å². The van der Waals surface area contributed by atoms with Gasteiger partial charge >= 0.3 is 5.97 Å². The summed E-state index contributed by atoms with van der Waals surface area (Å²) in [6.45, 7) is -1.25. The molecule has 3 N–H and O–H groups in total. The Labute approximate surface area is 183 Å². The number of rotatable bonds is 5. The van der Waals surface area contributed by atoms with Crippen LogP contribution in [0.15, 0.2) is 46.0 Å².